The van der Waals surface area contributed by atoms with Crippen molar-refractivity contribution in [3.05, 3.63) is 30.1 Å². The van der Waals surface area contributed by atoms with Crippen LogP contribution in [0.15, 0.2) is 18.7 Å². The predicted molar refractivity (Wildman–Crippen MR) is 98.8 cm³/mol. The number of rotatable bonds is 7. The highest BCUT2D eigenvalue weighted by atomic mass is 16.2. The molecule has 0 unspecified atom stereocenters. The third-order valence-electron chi connectivity index (χ3n) is 4.74. The van der Waals surface area contributed by atoms with E-state index in [1.54, 1.807) is 12.7 Å². The Balaban J connectivity index is 1.55. The van der Waals surface area contributed by atoms with Gasteiger partial charge in [-0.25, -0.2) is 4.98 Å². The summed E-state index contributed by atoms with van der Waals surface area (Å²) in [6, 6.07) is 1.98. The molecule has 3 heterocycles. The second-order valence-electron chi connectivity index (χ2n) is 7.23. The minimum atomic E-state index is 0.102. The quantitative estimate of drug-likeness (QED) is 0.742. The first kappa shape index (κ1) is 18.6. The first-order valence-corrected chi connectivity index (χ1v) is 9.47. The maximum atomic E-state index is 13.0. The third kappa shape index (κ3) is 4.49. The van der Waals surface area contributed by atoms with Crippen LogP contribution in [0, 0.1) is 5.92 Å². The molecule has 0 aliphatic carbocycles. The second kappa shape index (κ2) is 8.44. The number of carbonyl (C=O) groups excluding carboxylic acids is 1. The monoisotopic (exact) mass is 359 g/mol. The maximum Gasteiger partial charge on any atom is 0.272 e. The van der Waals surface area contributed by atoms with Crippen LogP contribution in [0.1, 0.15) is 37.0 Å². The molecule has 1 aliphatic rings. The summed E-state index contributed by atoms with van der Waals surface area (Å²) < 4.78 is 3.69. The zero-order chi connectivity index (χ0) is 18.5. The Bertz CT molecular complexity index is 699. The molecule has 1 amide bonds. The Labute approximate surface area is 154 Å². The van der Waals surface area contributed by atoms with Gasteiger partial charge in [-0.2, -0.15) is 10.2 Å². The topological polar surface area (TPSA) is 72.1 Å². The molecule has 0 saturated carbocycles. The Morgan fingerprint density at radius 3 is 2.58 bits per heavy atom. The molecule has 2 aromatic heterocycles. The summed E-state index contributed by atoms with van der Waals surface area (Å²) in [4.78, 5) is 21.2. The van der Waals surface area contributed by atoms with Crippen molar-refractivity contribution in [1.29, 1.82) is 0 Å². The lowest BCUT2D eigenvalue weighted by atomic mass is 10.1. The van der Waals surface area contributed by atoms with Gasteiger partial charge in [-0.15, -0.1) is 0 Å². The zero-order valence-corrected chi connectivity index (χ0v) is 16.0. The van der Waals surface area contributed by atoms with Gasteiger partial charge in [0.1, 0.15) is 18.3 Å². The van der Waals surface area contributed by atoms with Crippen LogP contribution in [0.3, 0.4) is 0 Å². The summed E-state index contributed by atoms with van der Waals surface area (Å²) in [5, 5.41) is 8.73. The smallest absolute Gasteiger partial charge is 0.272 e. The number of aromatic nitrogens is 5. The minimum Gasteiger partial charge on any atom is -0.335 e. The highest BCUT2D eigenvalue weighted by molar-refractivity contribution is 5.92. The van der Waals surface area contributed by atoms with Crippen LogP contribution >= 0.6 is 0 Å². The molecular weight excluding hydrogens is 330 g/mol. The molecule has 8 nitrogen and oxygen atoms in total. The van der Waals surface area contributed by atoms with E-state index in [0.29, 0.717) is 5.92 Å². The van der Waals surface area contributed by atoms with Gasteiger partial charge in [0.05, 0.1) is 12.2 Å². The van der Waals surface area contributed by atoms with Crippen LogP contribution in [0.25, 0.3) is 0 Å². The summed E-state index contributed by atoms with van der Waals surface area (Å²) in [6.07, 6.45) is 4.20. The zero-order valence-electron chi connectivity index (χ0n) is 16.0. The van der Waals surface area contributed by atoms with E-state index in [9.17, 15) is 4.79 Å². The van der Waals surface area contributed by atoms with E-state index < -0.39 is 0 Å². The van der Waals surface area contributed by atoms with Crippen molar-refractivity contribution in [1.82, 2.24) is 34.3 Å². The van der Waals surface area contributed by atoms with Crippen LogP contribution in [0.2, 0.25) is 0 Å². The molecule has 0 radical (unpaired) electrons. The molecule has 0 aromatic carbocycles. The fraction of sp³-hybridized carbons (Fsp3) is 0.667. The summed E-state index contributed by atoms with van der Waals surface area (Å²) in [5.41, 5.74) is 1.73. The van der Waals surface area contributed by atoms with Crippen LogP contribution in [-0.4, -0.2) is 73.0 Å². The predicted octanol–water partition coefficient (Wildman–Crippen LogP) is 1.15. The Kier molecular flexibility index (Phi) is 6.03. The van der Waals surface area contributed by atoms with Gasteiger partial charge in [0.25, 0.3) is 5.91 Å². The molecule has 8 heteroatoms. The standard InChI is InChI=1S/C18H29N7O/c1-4-25-17(12-16(21-25)11-15(2)3)18(26)23-8-5-22(6-9-23)7-10-24-14-19-13-20-24/h12-15H,4-11H2,1-3H3. The van der Waals surface area contributed by atoms with Crippen molar-refractivity contribution in [3.63, 3.8) is 0 Å². The number of amides is 1. The van der Waals surface area contributed by atoms with Gasteiger partial charge >= 0.3 is 0 Å². The van der Waals surface area contributed by atoms with Crippen molar-refractivity contribution < 1.29 is 4.79 Å². The summed E-state index contributed by atoms with van der Waals surface area (Å²) >= 11 is 0. The van der Waals surface area contributed by atoms with E-state index >= 15 is 0 Å². The molecule has 1 saturated heterocycles. The van der Waals surface area contributed by atoms with Gasteiger partial charge in [0.2, 0.25) is 0 Å². The second-order valence-corrected chi connectivity index (χ2v) is 7.23. The van der Waals surface area contributed by atoms with Crippen molar-refractivity contribution in [2.45, 2.75) is 40.3 Å². The van der Waals surface area contributed by atoms with E-state index in [-0.39, 0.29) is 5.91 Å². The fourth-order valence-corrected chi connectivity index (χ4v) is 3.33. The van der Waals surface area contributed by atoms with Crippen LogP contribution < -0.4 is 0 Å². The molecule has 0 spiro atoms. The average molecular weight is 359 g/mol. The number of aryl methyl sites for hydroxylation is 1. The molecule has 3 rings (SSSR count). The Hall–Kier alpha value is -2.22. The van der Waals surface area contributed by atoms with Gasteiger partial charge in [-0.3, -0.25) is 19.1 Å². The number of hydrogen-bond acceptors (Lipinski definition) is 5. The molecule has 0 bridgehead atoms. The van der Waals surface area contributed by atoms with Crippen LogP contribution in [-0.2, 0) is 19.5 Å². The Morgan fingerprint density at radius 1 is 1.19 bits per heavy atom. The van der Waals surface area contributed by atoms with E-state index in [4.69, 9.17) is 0 Å². The van der Waals surface area contributed by atoms with Gasteiger partial charge in [-0.1, -0.05) is 13.8 Å². The molecule has 0 N–H and O–H groups in total. The number of hydrogen-bond donors (Lipinski definition) is 0. The highest BCUT2D eigenvalue weighted by Gasteiger charge is 2.25. The largest absolute Gasteiger partial charge is 0.335 e. The number of carbonyl (C=O) groups is 1. The van der Waals surface area contributed by atoms with Crippen molar-refractivity contribution in [2.24, 2.45) is 5.92 Å². The summed E-state index contributed by atoms with van der Waals surface area (Å²) in [7, 11) is 0. The molecular formula is C18H29N7O. The van der Waals surface area contributed by atoms with Crippen molar-refractivity contribution in [2.75, 3.05) is 32.7 Å². The van der Waals surface area contributed by atoms with Crippen LogP contribution in [0.4, 0.5) is 0 Å². The first-order chi connectivity index (χ1) is 12.6. The minimum absolute atomic E-state index is 0.102. The van der Waals surface area contributed by atoms with E-state index in [1.807, 2.05) is 27.3 Å². The molecule has 26 heavy (non-hydrogen) atoms. The van der Waals surface area contributed by atoms with Crippen molar-refractivity contribution in [3.8, 4) is 0 Å². The summed E-state index contributed by atoms with van der Waals surface area (Å²) in [5.74, 6) is 0.636. The molecule has 2 aromatic rings. The molecule has 1 aliphatic heterocycles. The van der Waals surface area contributed by atoms with E-state index in [0.717, 1.165) is 63.6 Å². The van der Waals surface area contributed by atoms with E-state index in [2.05, 4.69) is 33.9 Å². The lowest BCUT2D eigenvalue weighted by Crippen LogP contribution is -2.49. The normalized spacial score (nSPS) is 15.8. The maximum absolute atomic E-state index is 13.0. The molecule has 0 atom stereocenters. The highest BCUT2D eigenvalue weighted by Crippen LogP contribution is 2.14. The van der Waals surface area contributed by atoms with Gasteiger partial charge in [-0.05, 0) is 25.3 Å². The lowest BCUT2D eigenvalue weighted by molar-refractivity contribution is 0.0620. The van der Waals surface area contributed by atoms with E-state index in [1.165, 1.54) is 0 Å². The first-order valence-electron chi connectivity index (χ1n) is 9.47. The number of nitrogens with zero attached hydrogens (tertiary/aromatic N) is 7. The van der Waals surface area contributed by atoms with Gasteiger partial charge in [0.15, 0.2) is 0 Å². The van der Waals surface area contributed by atoms with Crippen LogP contribution in [0.5, 0.6) is 0 Å². The third-order valence-corrected chi connectivity index (χ3v) is 4.74. The fourth-order valence-electron chi connectivity index (χ4n) is 3.33. The average Bonchev–Trinajstić information content (AvgIpc) is 3.28. The Morgan fingerprint density at radius 2 is 1.96 bits per heavy atom. The van der Waals surface area contributed by atoms with Gasteiger partial charge < -0.3 is 4.90 Å². The molecule has 142 valence electrons. The van der Waals surface area contributed by atoms with Crippen molar-refractivity contribution >= 4 is 5.91 Å². The lowest BCUT2D eigenvalue weighted by Gasteiger charge is -2.34. The number of piperazine rings is 1. The van der Waals surface area contributed by atoms with Gasteiger partial charge in [0, 0.05) is 39.3 Å². The summed E-state index contributed by atoms with van der Waals surface area (Å²) in [6.45, 7) is 12.1. The SMILES string of the molecule is CCn1nc(CC(C)C)cc1C(=O)N1CCN(CCn2cncn2)CC1. The molecule has 1 fully saturated rings.